The summed E-state index contributed by atoms with van der Waals surface area (Å²) in [4.78, 5) is 7.92. The van der Waals surface area contributed by atoms with Crippen molar-refractivity contribution in [1.82, 2.24) is 9.13 Å². The molecule has 9 aromatic rings. The monoisotopic (exact) mass is 635 g/mol. The Balaban J connectivity index is 1.21. The summed E-state index contributed by atoms with van der Waals surface area (Å²) in [5, 5.41) is 13.9. The molecular formula is C45H25N5. The molecule has 0 aliphatic heterocycles. The molecule has 0 aliphatic carbocycles. The van der Waals surface area contributed by atoms with Crippen molar-refractivity contribution < 1.29 is 0 Å². The molecule has 50 heavy (non-hydrogen) atoms. The molecule has 7 aromatic carbocycles. The number of hydrogen-bond acceptors (Lipinski definition) is 1. The zero-order valence-corrected chi connectivity index (χ0v) is 26.7. The van der Waals surface area contributed by atoms with Crippen LogP contribution in [0.2, 0.25) is 0 Å². The van der Waals surface area contributed by atoms with Crippen molar-refractivity contribution >= 4 is 55.0 Å². The first kappa shape index (κ1) is 28.8. The van der Waals surface area contributed by atoms with Crippen LogP contribution in [0.5, 0.6) is 0 Å². The molecule has 230 valence electrons. The van der Waals surface area contributed by atoms with E-state index >= 15 is 0 Å². The van der Waals surface area contributed by atoms with Crippen LogP contribution in [-0.4, -0.2) is 9.13 Å². The molecule has 0 N–H and O–H groups in total. The molecule has 0 atom stereocenters. The largest absolute Gasteiger partial charge is 0.318 e. The zero-order valence-electron chi connectivity index (χ0n) is 26.7. The lowest BCUT2D eigenvalue weighted by molar-refractivity contribution is 1.18. The highest BCUT2D eigenvalue weighted by Gasteiger charge is 2.21. The second kappa shape index (κ2) is 11.4. The van der Waals surface area contributed by atoms with Crippen LogP contribution in [0.3, 0.4) is 0 Å². The number of aromatic nitrogens is 2. The Morgan fingerprint density at radius 1 is 0.460 bits per heavy atom. The van der Waals surface area contributed by atoms with E-state index in [1.807, 2.05) is 84.9 Å². The molecule has 9 rings (SSSR count). The second-order valence-electron chi connectivity index (χ2n) is 12.2. The van der Waals surface area contributed by atoms with Crippen LogP contribution < -0.4 is 0 Å². The molecule has 0 saturated heterocycles. The summed E-state index contributed by atoms with van der Waals surface area (Å²) in [6, 6.07) is 53.1. The normalized spacial score (nSPS) is 11.1. The lowest BCUT2D eigenvalue weighted by Gasteiger charge is -2.18. The minimum atomic E-state index is 0.521. The van der Waals surface area contributed by atoms with Gasteiger partial charge in [0.05, 0.1) is 52.5 Å². The molecule has 0 amide bonds. The summed E-state index contributed by atoms with van der Waals surface area (Å²) in [7, 11) is 0. The number of para-hydroxylation sites is 4. The van der Waals surface area contributed by atoms with Gasteiger partial charge in [0.25, 0.3) is 0 Å². The molecule has 0 radical (unpaired) electrons. The number of benzene rings is 7. The van der Waals surface area contributed by atoms with Crippen LogP contribution in [0.15, 0.2) is 152 Å². The van der Waals surface area contributed by atoms with Gasteiger partial charge in [-0.05, 0) is 70.8 Å². The minimum absolute atomic E-state index is 0.521. The van der Waals surface area contributed by atoms with Crippen LogP contribution in [0.25, 0.3) is 86.9 Å². The zero-order chi connectivity index (χ0) is 33.8. The van der Waals surface area contributed by atoms with Crippen molar-refractivity contribution in [2.24, 2.45) is 0 Å². The maximum atomic E-state index is 9.54. The Kier molecular flexibility index (Phi) is 6.56. The average molecular weight is 636 g/mol. The maximum Gasteiger partial charge on any atom is 0.211 e. The highest BCUT2D eigenvalue weighted by molar-refractivity contribution is 6.11. The van der Waals surface area contributed by atoms with Gasteiger partial charge in [-0.3, -0.25) is 0 Å². The predicted molar refractivity (Wildman–Crippen MR) is 203 cm³/mol. The average Bonchev–Trinajstić information content (AvgIpc) is 3.70. The highest BCUT2D eigenvalue weighted by Crippen LogP contribution is 2.44. The Labute approximate surface area is 288 Å². The van der Waals surface area contributed by atoms with Crippen molar-refractivity contribution in [2.45, 2.75) is 0 Å². The fourth-order valence-electron chi connectivity index (χ4n) is 7.39. The first-order valence-corrected chi connectivity index (χ1v) is 16.2. The van der Waals surface area contributed by atoms with Gasteiger partial charge in [0, 0.05) is 27.2 Å². The summed E-state index contributed by atoms with van der Waals surface area (Å²) < 4.78 is 4.41. The first-order chi connectivity index (χ1) is 24.7. The van der Waals surface area contributed by atoms with E-state index < -0.39 is 0 Å². The van der Waals surface area contributed by atoms with Crippen molar-refractivity contribution in [1.29, 1.82) is 5.26 Å². The van der Waals surface area contributed by atoms with Crippen LogP contribution in [0.4, 0.5) is 11.4 Å². The fourth-order valence-corrected chi connectivity index (χ4v) is 7.39. The Bertz CT molecular complexity index is 2900. The van der Waals surface area contributed by atoms with E-state index in [9.17, 15) is 5.26 Å². The summed E-state index contributed by atoms with van der Waals surface area (Å²) in [5.41, 5.74) is 11.2. The van der Waals surface area contributed by atoms with Crippen LogP contribution in [-0.2, 0) is 0 Å². The molecule has 0 aliphatic rings. The number of nitriles is 1. The topological polar surface area (TPSA) is 42.4 Å². The molecule has 0 bridgehead atoms. The van der Waals surface area contributed by atoms with E-state index in [0.29, 0.717) is 16.9 Å². The number of nitrogens with zero attached hydrogens (tertiary/aromatic N) is 5. The molecule has 0 saturated carbocycles. The molecule has 2 heterocycles. The van der Waals surface area contributed by atoms with Crippen LogP contribution >= 0.6 is 0 Å². The molecule has 5 nitrogen and oxygen atoms in total. The lowest BCUT2D eigenvalue weighted by Crippen LogP contribution is -1.98. The first-order valence-electron chi connectivity index (χ1n) is 16.2. The van der Waals surface area contributed by atoms with E-state index in [-0.39, 0.29) is 0 Å². The van der Waals surface area contributed by atoms with Crippen molar-refractivity contribution in [2.75, 3.05) is 0 Å². The van der Waals surface area contributed by atoms with Crippen molar-refractivity contribution in [3.05, 3.63) is 180 Å². The minimum Gasteiger partial charge on any atom is -0.318 e. The third-order valence-electron chi connectivity index (χ3n) is 9.61. The van der Waals surface area contributed by atoms with Gasteiger partial charge in [-0.1, -0.05) is 103 Å². The van der Waals surface area contributed by atoms with Gasteiger partial charge in [-0.25, -0.2) is 9.69 Å². The van der Waals surface area contributed by atoms with Crippen molar-refractivity contribution in [3.63, 3.8) is 0 Å². The summed E-state index contributed by atoms with van der Waals surface area (Å²) in [6.07, 6.45) is 0. The molecule has 0 unspecified atom stereocenters. The van der Waals surface area contributed by atoms with Gasteiger partial charge >= 0.3 is 0 Å². The molecule has 0 fully saturated rings. The van der Waals surface area contributed by atoms with Crippen LogP contribution in [0.1, 0.15) is 5.56 Å². The van der Waals surface area contributed by atoms with E-state index in [1.54, 1.807) is 0 Å². The van der Waals surface area contributed by atoms with Gasteiger partial charge < -0.3 is 9.13 Å². The Morgan fingerprint density at radius 2 is 1.04 bits per heavy atom. The lowest BCUT2D eigenvalue weighted by atomic mass is 9.95. The summed E-state index contributed by atoms with van der Waals surface area (Å²) in [5.74, 6) is 0. The van der Waals surface area contributed by atoms with Gasteiger partial charge in [0.2, 0.25) is 5.69 Å². The van der Waals surface area contributed by atoms with E-state index in [1.165, 1.54) is 0 Å². The summed E-state index contributed by atoms with van der Waals surface area (Å²) >= 11 is 0. The Morgan fingerprint density at radius 3 is 1.68 bits per heavy atom. The van der Waals surface area contributed by atoms with Gasteiger partial charge in [-0.2, -0.15) is 5.26 Å². The quantitative estimate of drug-likeness (QED) is 0.177. The second-order valence-corrected chi connectivity index (χ2v) is 12.2. The number of fused-ring (bicyclic) bond motifs is 6. The van der Waals surface area contributed by atoms with Gasteiger partial charge in [0.15, 0.2) is 5.69 Å². The maximum absolute atomic E-state index is 9.54. The van der Waals surface area contributed by atoms with Gasteiger partial charge in [0.1, 0.15) is 0 Å². The standard InChI is InChI=1S/C45H25N5/c1-47-39-24-21-31(30-19-22-32(23-20-30)49-41-15-6-5-12-35(41)38-26-29(28-46)18-25-44(38)49)27-37(39)36-13-9-14-40(48-2)45(36)50-42-16-7-3-10-33(42)34-11-4-8-17-43(34)50/h3-27H. The predicted octanol–water partition coefficient (Wildman–Crippen LogP) is 12.2. The number of hydrogen-bond donors (Lipinski definition) is 0. The molecule has 2 aromatic heterocycles. The number of rotatable bonds is 4. The molecule has 0 spiro atoms. The third kappa shape index (κ3) is 4.31. The fraction of sp³-hybridized carbons (Fsp3) is 0. The van der Waals surface area contributed by atoms with E-state index in [4.69, 9.17) is 13.1 Å². The van der Waals surface area contributed by atoms with Crippen molar-refractivity contribution in [3.8, 4) is 39.7 Å². The smallest absolute Gasteiger partial charge is 0.211 e. The Hall–Kier alpha value is -7.39. The van der Waals surface area contributed by atoms with E-state index in [2.05, 4.69) is 91.6 Å². The third-order valence-corrected chi connectivity index (χ3v) is 9.61. The highest BCUT2D eigenvalue weighted by atomic mass is 15.0. The van der Waals surface area contributed by atoms with Crippen LogP contribution in [0, 0.1) is 24.5 Å². The molecular weight excluding hydrogens is 611 g/mol. The van der Waals surface area contributed by atoms with Gasteiger partial charge in [-0.15, -0.1) is 0 Å². The SMILES string of the molecule is [C-]#[N+]c1ccc(-c2ccc(-n3c4ccccc4c4cc(C#N)ccc43)cc2)cc1-c1cccc([N+]#[C-])c1-n1c2ccccc2c2ccccc21. The summed E-state index contributed by atoms with van der Waals surface area (Å²) in [6.45, 7) is 16.3. The molecule has 5 heteroatoms. The van der Waals surface area contributed by atoms with E-state index in [0.717, 1.165) is 77.2 Å².